The molecule has 0 radical (unpaired) electrons. The van der Waals surface area contributed by atoms with Gasteiger partial charge in [0.1, 0.15) is 0 Å². The molecule has 0 aliphatic heterocycles. The summed E-state index contributed by atoms with van der Waals surface area (Å²) in [5.41, 5.74) is 1.56. The zero-order valence-corrected chi connectivity index (χ0v) is 12.4. The normalized spacial score (nSPS) is 22.4. The highest BCUT2D eigenvalue weighted by Gasteiger charge is 2.23. The number of aryl methyl sites for hydroxylation is 1. The van der Waals surface area contributed by atoms with Crippen molar-refractivity contribution >= 4 is 23.3 Å². The lowest BCUT2D eigenvalue weighted by Crippen LogP contribution is -2.38. The van der Waals surface area contributed by atoms with E-state index in [-0.39, 0.29) is 18.1 Å². The number of amides is 2. The summed E-state index contributed by atoms with van der Waals surface area (Å²) in [6.07, 6.45) is 3.69. The smallest absolute Gasteiger partial charge is 0.319 e. The SMILES string of the molecule is Cc1cccc(Cl)c1NC(=O)NC[C@@H]1CCCC[C@H]1O. The molecular formula is C15H21ClN2O2. The van der Waals surface area contributed by atoms with Gasteiger partial charge < -0.3 is 15.7 Å². The zero-order chi connectivity index (χ0) is 14.5. The molecule has 1 fully saturated rings. The van der Waals surface area contributed by atoms with Crippen LogP contribution in [0.15, 0.2) is 18.2 Å². The first-order valence-electron chi connectivity index (χ1n) is 7.06. The Morgan fingerprint density at radius 1 is 1.40 bits per heavy atom. The Kier molecular flexibility index (Phi) is 5.26. The molecule has 2 rings (SSSR count). The van der Waals surface area contributed by atoms with Crippen LogP contribution in [0.3, 0.4) is 0 Å². The number of para-hydroxylation sites is 1. The Morgan fingerprint density at radius 3 is 2.85 bits per heavy atom. The van der Waals surface area contributed by atoms with Gasteiger partial charge in [0.2, 0.25) is 0 Å². The number of halogens is 1. The fourth-order valence-electron chi connectivity index (χ4n) is 2.60. The molecule has 1 aliphatic rings. The largest absolute Gasteiger partial charge is 0.393 e. The Morgan fingerprint density at radius 2 is 2.15 bits per heavy atom. The number of aliphatic hydroxyl groups excluding tert-OH is 1. The molecule has 0 heterocycles. The molecule has 1 aromatic rings. The summed E-state index contributed by atoms with van der Waals surface area (Å²) >= 11 is 6.06. The molecule has 0 unspecified atom stereocenters. The number of hydrogen-bond donors (Lipinski definition) is 3. The van der Waals surface area contributed by atoms with E-state index in [1.807, 2.05) is 19.1 Å². The molecule has 0 bridgehead atoms. The average molecular weight is 297 g/mol. The number of hydrogen-bond acceptors (Lipinski definition) is 2. The van der Waals surface area contributed by atoms with Crippen LogP contribution < -0.4 is 10.6 Å². The minimum absolute atomic E-state index is 0.154. The Bertz CT molecular complexity index is 459. The predicted octanol–water partition coefficient (Wildman–Crippen LogP) is 3.32. The average Bonchev–Trinajstić information content (AvgIpc) is 2.42. The van der Waals surface area contributed by atoms with E-state index >= 15 is 0 Å². The lowest BCUT2D eigenvalue weighted by atomic mass is 9.86. The molecule has 5 heteroatoms. The Balaban J connectivity index is 1.86. The van der Waals surface area contributed by atoms with E-state index < -0.39 is 0 Å². The van der Waals surface area contributed by atoms with Gasteiger partial charge in [-0.15, -0.1) is 0 Å². The lowest BCUT2D eigenvalue weighted by Gasteiger charge is -2.27. The van der Waals surface area contributed by atoms with Gasteiger partial charge in [0, 0.05) is 12.5 Å². The second kappa shape index (κ2) is 6.95. The summed E-state index contributed by atoms with van der Waals surface area (Å²) in [5, 5.41) is 16.0. The Labute approximate surface area is 124 Å². The van der Waals surface area contributed by atoms with Crippen molar-refractivity contribution in [1.82, 2.24) is 5.32 Å². The summed E-state index contributed by atoms with van der Waals surface area (Å²) in [6, 6.07) is 5.21. The summed E-state index contributed by atoms with van der Waals surface area (Å²) in [5.74, 6) is 0.154. The van der Waals surface area contributed by atoms with Gasteiger partial charge in [0.05, 0.1) is 16.8 Å². The van der Waals surface area contributed by atoms with Gasteiger partial charge in [-0.3, -0.25) is 0 Å². The van der Waals surface area contributed by atoms with Crippen LogP contribution in [0.2, 0.25) is 5.02 Å². The van der Waals surface area contributed by atoms with E-state index in [9.17, 15) is 9.90 Å². The first kappa shape index (κ1) is 15.1. The van der Waals surface area contributed by atoms with Gasteiger partial charge in [-0.2, -0.15) is 0 Å². The molecule has 1 aromatic carbocycles. The maximum Gasteiger partial charge on any atom is 0.319 e. The quantitative estimate of drug-likeness (QED) is 0.801. The van der Waals surface area contributed by atoms with Crippen molar-refractivity contribution < 1.29 is 9.90 Å². The molecule has 2 amide bonds. The minimum Gasteiger partial charge on any atom is -0.393 e. The van der Waals surface area contributed by atoms with Crippen LogP contribution in [-0.4, -0.2) is 23.8 Å². The fourth-order valence-corrected chi connectivity index (χ4v) is 2.87. The number of aliphatic hydroxyl groups is 1. The van der Waals surface area contributed by atoms with Crippen molar-refractivity contribution in [3.05, 3.63) is 28.8 Å². The molecular weight excluding hydrogens is 276 g/mol. The van der Waals surface area contributed by atoms with Gasteiger partial charge in [0.25, 0.3) is 0 Å². The number of benzene rings is 1. The van der Waals surface area contributed by atoms with E-state index in [4.69, 9.17) is 11.6 Å². The van der Waals surface area contributed by atoms with Crippen molar-refractivity contribution in [3.8, 4) is 0 Å². The first-order valence-corrected chi connectivity index (χ1v) is 7.43. The number of carbonyl (C=O) groups excluding carboxylic acids is 1. The highest BCUT2D eigenvalue weighted by Crippen LogP contribution is 2.25. The molecule has 0 saturated heterocycles. The topological polar surface area (TPSA) is 61.4 Å². The summed E-state index contributed by atoms with van der Waals surface area (Å²) in [6.45, 7) is 2.39. The van der Waals surface area contributed by atoms with Gasteiger partial charge >= 0.3 is 6.03 Å². The third kappa shape index (κ3) is 3.87. The number of rotatable bonds is 3. The van der Waals surface area contributed by atoms with E-state index in [0.717, 1.165) is 31.2 Å². The van der Waals surface area contributed by atoms with Crippen molar-refractivity contribution in [2.24, 2.45) is 5.92 Å². The molecule has 0 aromatic heterocycles. The highest BCUT2D eigenvalue weighted by atomic mass is 35.5. The van der Waals surface area contributed by atoms with E-state index in [2.05, 4.69) is 10.6 Å². The summed E-state index contributed by atoms with van der Waals surface area (Å²) in [4.78, 5) is 11.9. The van der Waals surface area contributed by atoms with Crippen LogP contribution in [-0.2, 0) is 0 Å². The van der Waals surface area contributed by atoms with Gasteiger partial charge in [-0.1, -0.05) is 36.6 Å². The molecule has 110 valence electrons. The second-order valence-corrected chi connectivity index (χ2v) is 5.79. The standard InChI is InChI=1S/C15H21ClN2O2/c1-10-5-4-7-12(16)14(10)18-15(20)17-9-11-6-2-3-8-13(11)19/h4-5,7,11,13,19H,2-3,6,8-9H2,1H3,(H2,17,18,20)/t11-,13+/m0/s1. The van der Waals surface area contributed by atoms with Crippen molar-refractivity contribution in [2.45, 2.75) is 38.7 Å². The van der Waals surface area contributed by atoms with E-state index in [1.54, 1.807) is 6.07 Å². The van der Waals surface area contributed by atoms with Crippen LogP contribution in [0.5, 0.6) is 0 Å². The second-order valence-electron chi connectivity index (χ2n) is 5.38. The molecule has 4 nitrogen and oxygen atoms in total. The van der Waals surface area contributed by atoms with Gasteiger partial charge in [0.15, 0.2) is 0 Å². The molecule has 2 atom stereocenters. The number of carbonyl (C=O) groups is 1. The zero-order valence-electron chi connectivity index (χ0n) is 11.7. The van der Waals surface area contributed by atoms with Gasteiger partial charge in [-0.25, -0.2) is 4.79 Å². The van der Waals surface area contributed by atoms with Crippen LogP contribution in [0.25, 0.3) is 0 Å². The third-order valence-electron chi connectivity index (χ3n) is 3.85. The van der Waals surface area contributed by atoms with Crippen LogP contribution in [0, 0.1) is 12.8 Å². The highest BCUT2D eigenvalue weighted by molar-refractivity contribution is 6.33. The molecule has 1 aliphatic carbocycles. The molecule has 1 saturated carbocycles. The first-order chi connectivity index (χ1) is 9.58. The lowest BCUT2D eigenvalue weighted by molar-refractivity contribution is 0.0711. The van der Waals surface area contributed by atoms with Crippen molar-refractivity contribution in [1.29, 1.82) is 0 Å². The fraction of sp³-hybridized carbons (Fsp3) is 0.533. The number of nitrogens with one attached hydrogen (secondary N) is 2. The number of urea groups is 1. The van der Waals surface area contributed by atoms with E-state index in [0.29, 0.717) is 17.3 Å². The number of anilines is 1. The monoisotopic (exact) mass is 296 g/mol. The maximum absolute atomic E-state index is 11.9. The summed E-state index contributed by atoms with van der Waals surface area (Å²) < 4.78 is 0. The molecule has 0 spiro atoms. The van der Waals surface area contributed by atoms with Gasteiger partial charge in [-0.05, 0) is 31.4 Å². The van der Waals surface area contributed by atoms with Crippen molar-refractivity contribution in [2.75, 3.05) is 11.9 Å². The van der Waals surface area contributed by atoms with Crippen molar-refractivity contribution in [3.63, 3.8) is 0 Å². The van der Waals surface area contributed by atoms with Crippen LogP contribution >= 0.6 is 11.6 Å². The van der Waals surface area contributed by atoms with Crippen LogP contribution in [0.1, 0.15) is 31.2 Å². The molecule has 20 heavy (non-hydrogen) atoms. The summed E-state index contributed by atoms with van der Waals surface area (Å²) in [7, 11) is 0. The maximum atomic E-state index is 11.9. The third-order valence-corrected chi connectivity index (χ3v) is 4.17. The Hall–Kier alpha value is -1.26. The van der Waals surface area contributed by atoms with E-state index in [1.165, 1.54) is 0 Å². The molecule has 3 N–H and O–H groups in total. The van der Waals surface area contributed by atoms with Crippen LogP contribution in [0.4, 0.5) is 10.5 Å². The predicted molar refractivity (Wildman–Crippen MR) is 81.2 cm³/mol. The minimum atomic E-state index is -0.300.